The molecule has 3 heteroatoms. The third kappa shape index (κ3) is 3.53. The summed E-state index contributed by atoms with van der Waals surface area (Å²) in [5.41, 5.74) is 3.24. The molecular formula is C19H17ClN2. The van der Waals surface area contributed by atoms with Gasteiger partial charge in [0.15, 0.2) is 0 Å². The van der Waals surface area contributed by atoms with Crippen molar-refractivity contribution in [3.05, 3.63) is 101 Å². The molecule has 110 valence electrons. The predicted octanol–water partition coefficient (Wildman–Crippen LogP) is 4.61. The molecule has 0 fully saturated rings. The van der Waals surface area contributed by atoms with Gasteiger partial charge < -0.3 is 5.32 Å². The van der Waals surface area contributed by atoms with E-state index in [4.69, 9.17) is 11.6 Å². The van der Waals surface area contributed by atoms with E-state index in [2.05, 4.69) is 22.4 Å². The summed E-state index contributed by atoms with van der Waals surface area (Å²) in [5, 5.41) is 4.31. The minimum Gasteiger partial charge on any atom is -0.301 e. The number of pyridine rings is 1. The van der Waals surface area contributed by atoms with E-state index in [0.29, 0.717) is 0 Å². The van der Waals surface area contributed by atoms with Crippen molar-refractivity contribution in [1.82, 2.24) is 10.3 Å². The predicted molar refractivity (Wildman–Crippen MR) is 90.8 cm³/mol. The van der Waals surface area contributed by atoms with Crippen LogP contribution in [0.2, 0.25) is 5.02 Å². The van der Waals surface area contributed by atoms with Gasteiger partial charge in [-0.2, -0.15) is 0 Å². The molecule has 0 spiro atoms. The van der Waals surface area contributed by atoms with E-state index in [9.17, 15) is 0 Å². The Morgan fingerprint density at radius 3 is 2.32 bits per heavy atom. The second-order valence-corrected chi connectivity index (χ2v) is 5.48. The Labute approximate surface area is 135 Å². The Bertz CT molecular complexity index is 714. The molecule has 0 bridgehead atoms. The number of rotatable bonds is 5. The highest BCUT2D eigenvalue weighted by molar-refractivity contribution is 6.31. The third-order valence-electron chi connectivity index (χ3n) is 3.55. The highest BCUT2D eigenvalue weighted by Crippen LogP contribution is 2.27. The van der Waals surface area contributed by atoms with Gasteiger partial charge in [-0.05, 0) is 29.3 Å². The van der Waals surface area contributed by atoms with Crippen molar-refractivity contribution in [2.45, 2.75) is 12.6 Å². The molecule has 0 radical (unpaired) electrons. The Hall–Kier alpha value is -2.16. The van der Waals surface area contributed by atoms with Crippen LogP contribution in [-0.4, -0.2) is 4.98 Å². The first-order valence-electron chi connectivity index (χ1n) is 7.27. The smallest absolute Gasteiger partial charge is 0.0768 e. The summed E-state index contributed by atoms with van der Waals surface area (Å²) < 4.78 is 0. The maximum atomic E-state index is 6.38. The average Bonchev–Trinajstić information content (AvgIpc) is 2.58. The van der Waals surface area contributed by atoms with Crippen molar-refractivity contribution in [1.29, 1.82) is 0 Å². The second kappa shape index (κ2) is 7.21. The summed E-state index contributed by atoms with van der Waals surface area (Å²) in [6, 6.07) is 24.1. The van der Waals surface area contributed by atoms with Gasteiger partial charge in [-0.25, -0.2) is 0 Å². The molecule has 3 rings (SSSR count). The highest BCUT2D eigenvalue weighted by Gasteiger charge is 2.17. The van der Waals surface area contributed by atoms with Crippen molar-refractivity contribution in [2.24, 2.45) is 0 Å². The number of nitrogens with zero attached hydrogens (tertiary/aromatic N) is 1. The number of halogens is 1. The van der Waals surface area contributed by atoms with Crippen LogP contribution in [0.15, 0.2) is 79.0 Å². The molecule has 1 N–H and O–H groups in total. The molecule has 0 saturated heterocycles. The van der Waals surface area contributed by atoms with Gasteiger partial charge in [0.05, 0.1) is 11.7 Å². The topological polar surface area (TPSA) is 24.9 Å². The van der Waals surface area contributed by atoms with E-state index in [1.54, 1.807) is 0 Å². The van der Waals surface area contributed by atoms with Crippen LogP contribution < -0.4 is 5.32 Å². The molecular weight excluding hydrogens is 292 g/mol. The minimum absolute atomic E-state index is 0.0323. The van der Waals surface area contributed by atoms with E-state index in [1.165, 1.54) is 5.56 Å². The molecule has 2 aromatic carbocycles. The summed E-state index contributed by atoms with van der Waals surface area (Å²) in [6.07, 6.45) is 1.81. The van der Waals surface area contributed by atoms with E-state index in [1.807, 2.05) is 66.9 Å². The molecule has 0 aliphatic rings. The highest BCUT2D eigenvalue weighted by atomic mass is 35.5. The van der Waals surface area contributed by atoms with Gasteiger partial charge in [0.1, 0.15) is 0 Å². The van der Waals surface area contributed by atoms with E-state index >= 15 is 0 Å². The van der Waals surface area contributed by atoms with Crippen LogP contribution >= 0.6 is 11.6 Å². The first-order chi connectivity index (χ1) is 10.8. The van der Waals surface area contributed by atoms with Crippen molar-refractivity contribution in [2.75, 3.05) is 0 Å². The lowest BCUT2D eigenvalue weighted by Gasteiger charge is -2.20. The Kier molecular flexibility index (Phi) is 4.84. The van der Waals surface area contributed by atoms with Gasteiger partial charge in [-0.3, -0.25) is 4.98 Å². The number of hydrogen-bond donors (Lipinski definition) is 1. The van der Waals surface area contributed by atoms with Crippen molar-refractivity contribution in [3.8, 4) is 0 Å². The van der Waals surface area contributed by atoms with Gasteiger partial charge in [-0.1, -0.05) is 66.2 Å². The Morgan fingerprint density at radius 2 is 1.59 bits per heavy atom. The SMILES string of the molecule is Clc1ccccc1C(NCc1ccccc1)c1ccccn1. The lowest BCUT2D eigenvalue weighted by Crippen LogP contribution is -2.23. The molecule has 1 aromatic heterocycles. The van der Waals surface area contributed by atoms with Gasteiger partial charge >= 0.3 is 0 Å². The van der Waals surface area contributed by atoms with Crippen LogP contribution in [0.5, 0.6) is 0 Å². The van der Waals surface area contributed by atoms with Gasteiger partial charge in [-0.15, -0.1) is 0 Å². The zero-order valence-electron chi connectivity index (χ0n) is 12.1. The molecule has 0 aliphatic carbocycles. The lowest BCUT2D eigenvalue weighted by molar-refractivity contribution is 0.592. The lowest BCUT2D eigenvalue weighted by atomic mass is 10.0. The fourth-order valence-electron chi connectivity index (χ4n) is 2.45. The summed E-state index contributed by atoms with van der Waals surface area (Å²) in [6.45, 7) is 0.757. The molecule has 22 heavy (non-hydrogen) atoms. The molecule has 3 aromatic rings. The van der Waals surface area contributed by atoms with Crippen molar-refractivity contribution in [3.63, 3.8) is 0 Å². The zero-order chi connectivity index (χ0) is 15.2. The van der Waals surface area contributed by atoms with Crippen LogP contribution in [0.3, 0.4) is 0 Å². The van der Waals surface area contributed by atoms with Gasteiger partial charge in [0.25, 0.3) is 0 Å². The Balaban J connectivity index is 1.89. The van der Waals surface area contributed by atoms with Gasteiger partial charge in [0.2, 0.25) is 0 Å². The molecule has 0 aliphatic heterocycles. The first-order valence-corrected chi connectivity index (χ1v) is 7.65. The largest absolute Gasteiger partial charge is 0.301 e. The normalized spacial score (nSPS) is 12.0. The second-order valence-electron chi connectivity index (χ2n) is 5.08. The maximum Gasteiger partial charge on any atom is 0.0768 e. The van der Waals surface area contributed by atoms with Gasteiger partial charge in [0, 0.05) is 17.8 Å². The zero-order valence-corrected chi connectivity index (χ0v) is 12.9. The summed E-state index contributed by atoms with van der Waals surface area (Å²) >= 11 is 6.38. The maximum absolute atomic E-state index is 6.38. The fraction of sp³-hybridized carbons (Fsp3) is 0.105. The summed E-state index contributed by atoms with van der Waals surface area (Å²) in [5.74, 6) is 0. The van der Waals surface area contributed by atoms with Crippen LogP contribution in [-0.2, 0) is 6.54 Å². The quantitative estimate of drug-likeness (QED) is 0.744. The summed E-state index contributed by atoms with van der Waals surface area (Å²) in [4.78, 5) is 4.49. The van der Waals surface area contributed by atoms with Crippen LogP contribution in [0, 0.1) is 0 Å². The monoisotopic (exact) mass is 308 g/mol. The molecule has 1 atom stereocenters. The average molecular weight is 309 g/mol. The minimum atomic E-state index is -0.0323. The van der Waals surface area contributed by atoms with E-state index < -0.39 is 0 Å². The number of aromatic nitrogens is 1. The van der Waals surface area contributed by atoms with Crippen LogP contribution in [0.25, 0.3) is 0 Å². The number of benzene rings is 2. The third-order valence-corrected chi connectivity index (χ3v) is 3.90. The fourth-order valence-corrected chi connectivity index (χ4v) is 2.69. The van der Waals surface area contributed by atoms with E-state index in [-0.39, 0.29) is 6.04 Å². The van der Waals surface area contributed by atoms with Crippen molar-refractivity contribution >= 4 is 11.6 Å². The van der Waals surface area contributed by atoms with E-state index in [0.717, 1.165) is 22.8 Å². The molecule has 0 saturated carbocycles. The number of hydrogen-bond acceptors (Lipinski definition) is 2. The Morgan fingerprint density at radius 1 is 0.864 bits per heavy atom. The van der Waals surface area contributed by atoms with Crippen molar-refractivity contribution < 1.29 is 0 Å². The summed E-state index contributed by atoms with van der Waals surface area (Å²) in [7, 11) is 0. The number of nitrogens with one attached hydrogen (secondary N) is 1. The molecule has 2 nitrogen and oxygen atoms in total. The van der Waals surface area contributed by atoms with Crippen LogP contribution in [0.4, 0.5) is 0 Å². The standard InChI is InChI=1S/C19H17ClN2/c20-17-11-5-4-10-16(17)19(18-12-6-7-13-21-18)22-14-15-8-2-1-3-9-15/h1-13,19,22H,14H2. The first kappa shape index (κ1) is 14.8. The molecule has 1 unspecified atom stereocenters. The molecule has 0 amide bonds. The van der Waals surface area contributed by atoms with Crippen LogP contribution in [0.1, 0.15) is 22.9 Å². The molecule has 1 heterocycles.